The summed E-state index contributed by atoms with van der Waals surface area (Å²) in [6.45, 7) is 5.01. The predicted molar refractivity (Wildman–Crippen MR) is 87.7 cm³/mol. The smallest absolute Gasteiger partial charge is 0.455 e. The number of carbonyl (C=O) groups is 1. The van der Waals surface area contributed by atoms with Gasteiger partial charge in [0, 0.05) is 5.41 Å². The summed E-state index contributed by atoms with van der Waals surface area (Å²) in [6.07, 6.45) is -4.80. The summed E-state index contributed by atoms with van der Waals surface area (Å²) < 4.78 is 59.9. The van der Waals surface area contributed by atoms with Gasteiger partial charge in [0.05, 0.1) is 0 Å². The standard InChI is InChI=1S/C18H17F4NO3/c1-17(2,3)16(24)23-15-13(19)5-4-6-14(15)25-11-7-9-12(10-8-11)26-18(20,21)22/h4-10H,1-3H3,(H,23,24). The number of anilines is 1. The second kappa shape index (κ2) is 7.23. The minimum Gasteiger partial charge on any atom is -0.455 e. The molecule has 2 aromatic carbocycles. The molecule has 0 heterocycles. The van der Waals surface area contributed by atoms with Crippen LogP contribution in [0.2, 0.25) is 0 Å². The lowest BCUT2D eigenvalue weighted by Crippen LogP contribution is -2.28. The summed E-state index contributed by atoms with van der Waals surface area (Å²) in [5.74, 6) is -1.35. The highest BCUT2D eigenvalue weighted by molar-refractivity contribution is 5.96. The number of alkyl halides is 3. The number of hydrogen-bond acceptors (Lipinski definition) is 3. The van der Waals surface area contributed by atoms with Crippen LogP contribution in [-0.2, 0) is 4.79 Å². The number of ether oxygens (including phenoxy) is 2. The van der Waals surface area contributed by atoms with Crippen LogP contribution in [-0.4, -0.2) is 12.3 Å². The summed E-state index contributed by atoms with van der Waals surface area (Å²) in [5, 5.41) is 2.47. The Morgan fingerprint density at radius 1 is 0.962 bits per heavy atom. The van der Waals surface area contributed by atoms with Crippen molar-refractivity contribution in [2.75, 3.05) is 5.32 Å². The van der Waals surface area contributed by atoms with Gasteiger partial charge in [0.25, 0.3) is 0 Å². The lowest BCUT2D eigenvalue weighted by atomic mass is 9.95. The highest BCUT2D eigenvalue weighted by Crippen LogP contribution is 2.34. The van der Waals surface area contributed by atoms with Crippen molar-refractivity contribution in [1.82, 2.24) is 0 Å². The molecular formula is C18H17F4NO3. The number of hydrogen-bond donors (Lipinski definition) is 1. The number of halogens is 4. The fourth-order valence-corrected chi connectivity index (χ4v) is 1.85. The first-order valence-corrected chi connectivity index (χ1v) is 7.59. The first-order chi connectivity index (χ1) is 12.0. The number of para-hydroxylation sites is 1. The van der Waals surface area contributed by atoms with Gasteiger partial charge in [-0.1, -0.05) is 26.8 Å². The van der Waals surface area contributed by atoms with E-state index in [2.05, 4.69) is 10.1 Å². The zero-order valence-electron chi connectivity index (χ0n) is 14.3. The minimum absolute atomic E-state index is 0.0205. The summed E-state index contributed by atoms with van der Waals surface area (Å²) in [5.41, 5.74) is -0.904. The Kier molecular flexibility index (Phi) is 5.44. The Morgan fingerprint density at radius 2 is 1.54 bits per heavy atom. The third-order valence-electron chi connectivity index (χ3n) is 3.18. The van der Waals surface area contributed by atoms with Gasteiger partial charge in [-0.05, 0) is 36.4 Å². The first kappa shape index (κ1) is 19.6. The van der Waals surface area contributed by atoms with Gasteiger partial charge in [0.2, 0.25) is 5.91 Å². The van der Waals surface area contributed by atoms with Crippen LogP contribution in [0.3, 0.4) is 0 Å². The molecule has 0 radical (unpaired) electrons. The van der Waals surface area contributed by atoms with Crippen molar-refractivity contribution in [1.29, 1.82) is 0 Å². The predicted octanol–water partition coefficient (Wildman–Crippen LogP) is 5.50. The van der Waals surface area contributed by atoms with Crippen LogP contribution in [0, 0.1) is 11.2 Å². The third-order valence-corrected chi connectivity index (χ3v) is 3.18. The van der Waals surface area contributed by atoms with Crippen molar-refractivity contribution in [3.63, 3.8) is 0 Å². The van der Waals surface area contributed by atoms with Crippen LogP contribution in [0.25, 0.3) is 0 Å². The molecule has 26 heavy (non-hydrogen) atoms. The van der Waals surface area contributed by atoms with Crippen LogP contribution in [0.5, 0.6) is 17.2 Å². The molecule has 0 aliphatic carbocycles. The number of nitrogens with one attached hydrogen (secondary N) is 1. The minimum atomic E-state index is -4.80. The Morgan fingerprint density at radius 3 is 2.08 bits per heavy atom. The van der Waals surface area contributed by atoms with E-state index in [1.54, 1.807) is 20.8 Å². The molecule has 0 aliphatic heterocycles. The van der Waals surface area contributed by atoms with Crippen LogP contribution in [0.1, 0.15) is 20.8 Å². The SMILES string of the molecule is CC(C)(C)C(=O)Nc1c(F)cccc1Oc1ccc(OC(F)(F)F)cc1. The molecule has 0 unspecified atom stereocenters. The van der Waals surface area contributed by atoms with Gasteiger partial charge < -0.3 is 14.8 Å². The van der Waals surface area contributed by atoms with Gasteiger partial charge in [0.1, 0.15) is 17.2 Å². The second-order valence-corrected chi connectivity index (χ2v) is 6.44. The molecule has 4 nitrogen and oxygen atoms in total. The van der Waals surface area contributed by atoms with Crippen molar-refractivity contribution >= 4 is 11.6 Å². The fourth-order valence-electron chi connectivity index (χ4n) is 1.85. The number of carbonyl (C=O) groups excluding carboxylic acids is 1. The Labute approximate surface area is 147 Å². The van der Waals surface area contributed by atoms with Gasteiger partial charge >= 0.3 is 6.36 Å². The monoisotopic (exact) mass is 371 g/mol. The highest BCUT2D eigenvalue weighted by atomic mass is 19.4. The van der Waals surface area contributed by atoms with Crippen molar-refractivity contribution < 1.29 is 31.8 Å². The molecule has 0 atom stereocenters. The maximum absolute atomic E-state index is 14.1. The number of amides is 1. The topological polar surface area (TPSA) is 47.6 Å². The Bertz CT molecular complexity index is 781. The van der Waals surface area contributed by atoms with E-state index in [9.17, 15) is 22.4 Å². The van der Waals surface area contributed by atoms with Crippen molar-refractivity contribution in [3.8, 4) is 17.2 Å². The van der Waals surface area contributed by atoms with Crippen LogP contribution < -0.4 is 14.8 Å². The summed E-state index contributed by atoms with van der Waals surface area (Å²) in [4.78, 5) is 12.1. The van der Waals surface area contributed by atoms with Gasteiger partial charge in [-0.15, -0.1) is 13.2 Å². The van der Waals surface area contributed by atoms with Crippen molar-refractivity contribution in [2.24, 2.45) is 5.41 Å². The van der Waals surface area contributed by atoms with E-state index in [-0.39, 0.29) is 17.2 Å². The second-order valence-electron chi connectivity index (χ2n) is 6.44. The first-order valence-electron chi connectivity index (χ1n) is 7.59. The Hall–Kier alpha value is -2.77. The number of rotatable bonds is 4. The van der Waals surface area contributed by atoms with E-state index in [4.69, 9.17) is 4.74 Å². The molecule has 2 aromatic rings. The maximum atomic E-state index is 14.1. The van der Waals surface area contributed by atoms with E-state index < -0.39 is 29.3 Å². The van der Waals surface area contributed by atoms with Crippen molar-refractivity contribution in [3.05, 3.63) is 48.3 Å². The normalized spacial score (nSPS) is 11.8. The Balaban J connectivity index is 2.22. The highest BCUT2D eigenvalue weighted by Gasteiger charge is 2.31. The molecule has 0 aromatic heterocycles. The molecule has 0 spiro atoms. The summed E-state index contributed by atoms with van der Waals surface area (Å²) in [7, 11) is 0. The van der Waals surface area contributed by atoms with Gasteiger partial charge in [-0.3, -0.25) is 4.79 Å². The van der Waals surface area contributed by atoms with Crippen LogP contribution in [0.15, 0.2) is 42.5 Å². The molecule has 0 aliphatic rings. The lowest BCUT2D eigenvalue weighted by molar-refractivity contribution is -0.274. The largest absolute Gasteiger partial charge is 0.573 e. The molecule has 140 valence electrons. The lowest BCUT2D eigenvalue weighted by Gasteiger charge is -2.20. The van der Waals surface area contributed by atoms with Gasteiger partial charge in [-0.2, -0.15) is 0 Å². The van der Waals surface area contributed by atoms with E-state index in [0.717, 1.165) is 18.2 Å². The number of benzene rings is 2. The molecule has 0 saturated carbocycles. The fraction of sp³-hybridized carbons (Fsp3) is 0.278. The summed E-state index contributed by atoms with van der Waals surface area (Å²) >= 11 is 0. The zero-order chi connectivity index (χ0) is 19.5. The molecule has 0 bridgehead atoms. The van der Waals surface area contributed by atoms with E-state index in [1.807, 2.05) is 0 Å². The van der Waals surface area contributed by atoms with E-state index in [0.29, 0.717) is 0 Å². The van der Waals surface area contributed by atoms with Gasteiger partial charge in [-0.25, -0.2) is 4.39 Å². The molecular weight excluding hydrogens is 354 g/mol. The zero-order valence-corrected chi connectivity index (χ0v) is 14.3. The molecule has 0 saturated heterocycles. The molecule has 2 rings (SSSR count). The quantitative estimate of drug-likeness (QED) is 0.722. The molecule has 1 N–H and O–H groups in total. The van der Waals surface area contributed by atoms with Gasteiger partial charge in [0.15, 0.2) is 11.6 Å². The molecule has 8 heteroatoms. The van der Waals surface area contributed by atoms with E-state index >= 15 is 0 Å². The average molecular weight is 371 g/mol. The third kappa shape index (κ3) is 5.37. The molecule has 1 amide bonds. The van der Waals surface area contributed by atoms with Crippen LogP contribution >= 0.6 is 0 Å². The van der Waals surface area contributed by atoms with E-state index in [1.165, 1.54) is 24.3 Å². The maximum Gasteiger partial charge on any atom is 0.573 e. The average Bonchev–Trinajstić information content (AvgIpc) is 2.50. The van der Waals surface area contributed by atoms with Crippen molar-refractivity contribution in [2.45, 2.75) is 27.1 Å². The molecule has 0 fully saturated rings. The summed E-state index contributed by atoms with van der Waals surface area (Å²) in [6, 6.07) is 8.58. The van der Waals surface area contributed by atoms with Crippen LogP contribution in [0.4, 0.5) is 23.2 Å².